The molecule has 5 aliphatic carbocycles. The number of allylic oxidation sites excluding steroid dienone is 2. The molecule has 208 valence electrons. The van der Waals surface area contributed by atoms with Gasteiger partial charge in [0.2, 0.25) is 0 Å². The van der Waals surface area contributed by atoms with Crippen LogP contribution in [-0.2, 0) is 14.3 Å². The second kappa shape index (κ2) is 8.03. The molecular formula is C33H48N2O3. The number of Topliss-reactive ketones (excluding diaryl/α,β-unsaturated/α-hetero) is 2. The molecule has 4 saturated carbocycles. The Balaban J connectivity index is 1.46. The lowest BCUT2D eigenvalue weighted by atomic mass is 9.31. The van der Waals surface area contributed by atoms with Gasteiger partial charge in [0.1, 0.15) is 11.9 Å². The van der Waals surface area contributed by atoms with Crippen molar-refractivity contribution < 1.29 is 14.3 Å². The number of hydrogen-bond donors (Lipinski definition) is 1. The third kappa shape index (κ3) is 3.17. The van der Waals surface area contributed by atoms with Gasteiger partial charge in [-0.1, -0.05) is 54.5 Å². The Hall–Kier alpha value is -1.51. The van der Waals surface area contributed by atoms with Crippen LogP contribution in [0.3, 0.4) is 0 Å². The molecule has 4 unspecified atom stereocenters. The maximum absolute atomic E-state index is 14.6. The van der Waals surface area contributed by atoms with Crippen molar-refractivity contribution in [3.63, 3.8) is 0 Å². The number of nitriles is 1. The predicted octanol–water partition coefficient (Wildman–Crippen LogP) is 6.23. The van der Waals surface area contributed by atoms with Gasteiger partial charge in [0.05, 0.1) is 18.4 Å². The molecule has 9 atom stereocenters. The molecule has 0 bridgehead atoms. The molecule has 1 N–H and O–H groups in total. The first-order valence-electron chi connectivity index (χ1n) is 15.2. The van der Waals surface area contributed by atoms with E-state index in [0.29, 0.717) is 30.4 Å². The van der Waals surface area contributed by atoms with Crippen molar-refractivity contribution in [3.8, 4) is 6.07 Å². The van der Waals surface area contributed by atoms with Crippen molar-refractivity contribution in [2.45, 2.75) is 106 Å². The maximum atomic E-state index is 14.6. The second-order valence-electron chi connectivity index (χ2n) is 16.2. The van der Waals surface area contributed by atoms with Crippen molar-refractivity contribution in [1.82, 2.24) is 5.32 Å². The van der Waals surface area contributed by atoms with Gasteiger partial charge in [-0.15, -0.1) is 0 Å². The molecule has 0 amide bonds. The molecule has 1 aliphatic heterocycles. The van der Waals surface area contributed by atoms with Crippen LogP contribution in [0.15, 0.2) is 11.6 Å². The fourth-order valence-electron chi connectivity index (χ4n) is 11.7. The lowest BCUT2D eigenvalue weighted by Crippen LogP contribution is -2.69. The summed E-state index contributed by atoms with van der Waals surface area (Å²) in [7, 11) is 0. The number of hydrogen-bond acceptors (Lipinski definition) is 5. The zero-order chi connectivity index (χ0) is 27.5. The number of carbonyl (C=O) groups is 2. The number of carbonyl (C=O) groups excluding carboxylic acids is 2. The number of nitrogens with zero attached hydrogens (tertiary/aromatic N) is 1. The number of ether oxygens (including phenoxy) is 1. The van der Waals surface area contributed by atoms with Crippen molar-refractivity contribution in [1.29, 1.82) is 5.26 Å². The average Bonchev–Trinajstić information content (AvgIpc) is 3.38. The fraction of sp³-hybridized carbons (Fsp3) is 0.848. The first kappa shape index (κ1) is 26.7. The quantitative estimate of drug-likeness (QED) is 0.443. The molecule has 0 aromatic heterocycles. The van der Waals surface area contributed by atoms with Crippen molar-refractivity contribution in [3.05, 3.63) is 11.6 Å². The van der Waals surface area contributed by atoms with E-state index in [9.17, 15) is 14.9 Å². The Morgan fingerprint density at radius 1 is 0.947 bits per heavy atom. The predicted molar refractivity (Wildman–Crippen MR) is 147 cm³/mol. The highest BCUT2D eigenvalue weighted by molar-refractivity contribution is 6.04. The van der Waals surface area contributed by atoms with Crippen LogP contribution in [0.2, 0.25) is 0 Å². The largest absolute Gasteiger partial charge is 0.361 e. The van der Waals surface area contributed by atoms with Gasteiger partial charge in [0, 0.05) is 29.7 Å². The molecule has 38 heavy (non-hydrogen) atoms. The molecule has 1 heterocycles. The Bertz CT molecular complexity index is 1140. The monoisotopic (exact) mass is 520 g/mol. The van der Waals surface area contributed by atoms with E-state index in [1.165, 1.54) is 6.42 Å². The summed E-state index contributed by atoms with van der Waals surface area (Å²) in [4.78, 5) is 27.9. The topological polar surface area (TPSA) is 79.2 Å². The van der Waals surface area contributed by atoms with Gasteiger partial charge in [-0.3, -0.25) is 14.9 Å². The van der Waals surface area contributed by atoms with Crippen LogP contribution in [0, 0.1) is 67.5 Å². The minimum atomic E-state index is -0.585. The van der Waals surface area contributed by atoms with Crippen LogP contribution >= 0.6 is 0 Å². The van der Waals surface area contributed by atoms with E-state index in [4.69, 9.17) is 4.74 Å². The van der Waals surface area contributed by atoms with E-state index in [0.717, 1.165) is 45.1 Å². The summed E-state index contributed by atoms with van der Waals surface area (Å²) in [6.45, 7) is 17.6. The minimum absolute atomic E-state index is 0.0191. The normalized spacial score (nSPS) is 51.1. The smallest absolute Gasteiger partial charge is 0.178 e. The first-order valence-corrected chi connectivity index (χ1v) is 15.2. The summed E-state index contributed by atoms with van der Waals surface area (Å²) in [5.74, 6) is 1.12. The highest BCUT2D eigenvalue weighted by atomic mass is 16.5. The molecule has 6 aliphatic rings. The van der Waals surface area contributed by atoms with E-state index in [2.05, 4.69) is 46.0 Å². The van der Waals surface area contributed by atoms with Crippen LogP contribution in [0.4, 0.5) is 0 Å². The summed E-state index contributed by atoms with van der Waals surface area (Å²) >= 11 is 0. The molecule has 1 saturated heterocycles. The summed E-state index contributed by atoms with van der Waals surface area (Å²) < 4.78 is 6.35. The molecule has 0 radical (unpaired) electrons. The molecule has 0 aromatic carbocycles. The Labute approximate surface area is 229 Å². The van der Waals surface area contributed by atoms with E-state index in [-0.39, 0.29) is 56.7 Å². The number of ketones is 2. The molecular weight excluding hydrogens is 472 g/mol. The third-order valence-electron chi connectivity index (χ3n) is 13.9. The van der Waals surface area contributed by atoms with Gasteiger partial charge in [-0.25, -0.2) is 0 Å². The van der Waals surface area contributed by atoms with Gasteiger partial charge >= 0.3 is 0 Å². The summed E-state index contributed by atoms with van der Waals surface area (Å²) in [5, 5.41) is 13.4. The van der Waals surface area contributed by atoms with Crippen molar-refractivity contribution in [2.24, 2.45) is 56.2 Å². The average molecular weight is 521 g/mol. The highest BCUT2D eigenvalue weighted by Gasteiger charge is 2.72. The third-order valence-corrected chi connectivity index (χ3v) is 13.9. The molecule has 5 heteroatoms. The standard InChI is InChI=1S/C33H48N2O3/c1-28(2)10-12-33(25-18-35-19-38-25)13-11-32(7)26(21(33)16-28)22(36)14-24-30(5)15-20(17-34)27(37)29(3,4)23(30)8-9-31(24,32)6/h15,21,23-26,35H,8-14,16,18-19H2,1-7H3/t21?,23-,24+,25?,26?,30-,31+,32+,33?/m0/s1. The van der Waals surface area contributed by atoms with E-state index in [1.54, 1.807) is 0 Å². The lowest BCUT2D eigenvalue weighted by molar-refractivity contribution is -0.234. The van der Waals surface area contributed by atoms with Gasteiger partial charge < -0.3 is 4.74 Å². The molecule has 5 nitrogen and oxygen atoms in total. The van der Waals surface area contributed by atoms with Crippen molar-refractivity contribution >= 4 is 11.6 Å². The molecule has 0 spiro atoms. The van der Waals surface area contributed by atoms with Crippen LogP contribution < -0.4 is 5.32 Å². The Morgan fingerprint density at radius 2 is 1.66 bits per heavy atom. The van der Waals surface area contributed by atoms with Crippen LogP contribution in [0.1, 0.15) is 99.8 Å². The molecule has 5 fully saturated rings. The van der Waals surface area contributed by atoms with Gasteiger partial charge in [0.25, 0.3) is 0 Å². The zero-order valence-corrected chi connectivity index (χ0v) is 24.7. The number of rotatable bonds is 1. The van der Waals surface area contributed by atoms with Crippen LogP contribution in [0.25, 0.3) is 0 Å². The lowest BCUT2D eigenvalue weighted by Gasteiger charge is -2.72. The van der Waals surface area contributed by atoms with E-state index >= 15 is 0 Å². The first-order chi connectivity index (χ1) is 17.7. The SMILES string of the molecule is CC1(C)CCC2(C3CNCO3)CC[C@]3(C)C(C(=O)C[C@@H]4[C@@]5(C)C=C(C#N)C(=O)C(C)(C)[C@@H]5CC[C@]43C)C2C1. The van der Waals surface area contributed by atoms with Crippen molar-refractivity contribution in [2.75, 3.05) is 13.3 Å². The molecule has 0 aromatic rings. The summed E-state index contributed by atoms with van der Waals surface area (Å²) in [5.41, 5.74) is -0.417. The fourth-order valence-corrected chi connectivity index (χ4v) is 11.7. The molecule has 6 rings (SSSR count). The highest BCUT2D eigenvalue weighted by Crippen LogP contribution is 2.76. The number of nitrogens with one attached hydrogen (secondary N) is 1. The van der Waals surface area contributed by atoms with E-state index in [1.807, 2.05) is 19.9 Å². The van der Waals surface area contributed by atoms with Crippen LogP contribution in [-0.4, -0.2) is 30.9 Å². The van der Waals surface area contributed by atoms with Crippen LogP contribution in [0.5, 0.6) is 0 Å². The van der Waals surface area contributed by atoms with E-state index < -0.39 is 5.41 Å². The Morgan fingerprint density at radius 3 is 2.32 bits per heavy atom. The van der Waals surface area contributed by atoms with Gasteiger partial charge in [-0.2, -0.15) is 5.26 Å². The minimum Gasteiger partial charge on any atom is -0.361 e. The van der Waals surface area contributed by atoms with Gasteiger partial charge in [-0.05, 0) is 84.4 Å². The zero-order valence-electron chi connectivity index (χ0n) is 24.7. The maximum Gasteiger partial charge on any atom is 0.178 e. The number of fused-ring (bicyclic) bond motifs is 7. The summed E-state index contributed by atoms with van der Waals surface area (Å²) in [6, 6.07) is 2.24. The Kier molecular flexibility index (Phi) is 5.64. The van der Waals surface area contributed by atoms with Gasteiger partial charge in [0.15, 0.2) is 5.78 Å². The summed E-state index contributed by atoms with van der Waals surface area (Å²) in [6.07, 6.45) is 10.5. The second-order valence-corrected chi connectivity index (χ2v) is 16.2.